The van der Waals surface area contributed by atoms with Gasteiger partial charge in [0.25, 0.3) is 11.1 Å². The van der Waals surface area contributed by atoms with Crippen LogP contribution in [0.1, 0.15) is 0 Å². The summed E-state index contributed by atoms with van der Waals surface area (Å²) in [6.45, 7) is 2.62. The predicted molar refractivity (Wildman–Crippen MR) is 283 cm³/mol. The van der Waals surface area contributed by atoms with Crippen LogP contribution in [0.15, 0.2) is 144 Å². The van der Waals surface area contributed by atoms with Crippen LogP contribution in [0.3, 0.4) is 0 Å². The fraction of sp³-hybridized carbons (Fsp3) is 0.164. The quantitative estimate of drug-likeness (QED) is 0.130. The highest BCUT2D eigenvalue weighted by Gasteiger charge is 2.20. The van der Waals surface area contributed by atoms with Gasteiger partial charge in [-0.25, -0.2) is 38.7 Å². The highest BCUT2D eigenvalue weighted by molar-refractivity contribution is 5.88. The maximum Gasteiger partial charge on any atom is 0.264 e. The molecule has 0 unspecified atom stereocenters. The molecule has 22 nitrogen and oxygen atoms in total. The Hall–Kier alpha value is -10.2. The molecule has 12 rings (SSSR count). The number of hydrogen-bond acceptors (Lipinski definition) is 20. The summed E-state index contributed by atoms with van der Waals surface area (Å²) in [6.07, 6.45) is 8.68. The van der Waals surface area contributed by atoms with Crippen LogP contribution in [0.4, 0.5) is 32.1 Å². The molecule has 2 aliphatic rings. The lowest BCUT2D eigenvalue weighted by Crippen LogP contribution is -2.22. The van der Waals surface area contributed by atoms with Crippen LogP contribution in [0.2, 0.25) is 0 Å². The van der Waals surface area contributed by atoms with Crippen LogP contribution >= 0.6 is 0 Å². The highest BCUT2D eigenvalue weighted by atomic mass is 19.1. The molecule has 0 fully saturated rings. The molecule has 398 valence electrons. The Bertz CT molecular complexity index is 3950. The molecule has 8 heterocycles. The molecule has 0 spiro atoms. The van der Waals surface area contributed by atoms with E-state index in [1.165, 1.54) is 70.8 Å². The molecule has 4 aromatic carbocycles. The molecule has 0 aliphatic carbocycles. The summed E-state index contributed by atoms with van der Waals surface area (Å²) in [6, 6.07) is 25.3. The Morgan fingerprint density at radius 2 is 0.886 bits per heavy atom. The first-order valence-corrected chi connectivity index (χ1v) is 24.3. The van der Waals surface area contributed by atoms with E-state index in [0.29, 0.717) is 153 Å². The fourth-order valence-corrected chi connectivity index (χ4v) is 8.01. The summed E-state index contributed by atoms with van der Waals surface area (Å²) in [5.41, 5.74) is 3.31. The van der Waals surface area contributed by atoms with Crippen LogP contribution in [-0.4, -0.2) is 95.4 Å². The Morgan fingerprint density at radius 3 is 1.33 bits per heavy atom. The summed E-state index contributed by atoms with van der Waals surface area (Å²) in [5.74, 6) is 3.61. The van der Waals surface area contributed by atoms with E-state index in [1.54, 1.807) is 86.9 Å². The van der Waals surface area contributed by atoms with Crippen molar-refractivity contribution in [2.45, 2.75) is 0 Å². The third-order valence-electron chi connectivity index (χ3n) is 12.1. The van der Waals surface area contributed by atoms with Gasteiger partial charge in [-0.15, -0.1) is 0 Å². The summed E-state index contributed by atoms with van der Waals surface area (Å²) in [5, 5.41) is 7.28. The molecular weight excluding hydrogens is 1030 g/mol. The highest BCUT2D eigenvalue weighted by Crippen LogP contribution is 2.39. The monoisotopic (exact) mass is 1070 g/mol. The lowest BCUT2D eigenvalue weighted by Gasteiger charge is -2.16. The fourth-order valence-electron chi connectivity index (χ4n) is 8.01. The number of hydrogen-bond donors (Lipinski definition) is 2. The lowest BCUT2D eigenvalue weighted by molar-refractivity contribution is 0.0224. The molecule has 2 N–H and O–H groups in total. The molecule has 0 saturated carbocycles. The lowest BCUT2D eigenvalue weighted by atomic mass is 10.2. The van der Waals surface area contributed by atoms with Crippen molar-refractivity contribution in [3.05, 3.63) is 167 Å². The first-order valence-electron chi connectivity index (χ1n) is 24.3. The van der Waals surface area contributed by atoms with Gasteiger partial charge < -0.3 is 48.5 Å². The number of rotatable bonds is 10. The van der Waals surface area contributed by atoms with Gasteiger partial charge in [-0.2, -0.15) is 0 Å². The third-order valence-corrected chi connectivity index (χ3v) is 12.1. The van der Waals surface area contributed by atoms with Crippen molar-refractivity contribution in [3.63, 3.8) is 0 Å². The zero-order chi connectivity index (χ0) is 54.2. The van der Waals surface area contributed by atoms with Gasteiger partial charge in [0.15, 0.2) is 23.0 Å². The maximum atomic E-state index is 13.2. The molecule has 0 bridgehead atoms. The summed E-state index contributed by atoms with van der Waals surface area (Å²) in [7, 11) is 3.18. The molecular formula is C55H44F2N12O10. The minimum absolute atomic E-state index is 0.151. The standard InChI is InChI=1S/C30H27FN6O6.C25H17FN6O4/c1-37-29(38)23(17-33-30(37)36-20-4-2-19(31)3-5-20)24-7-6-21(16-32-24)43-28-22-14-26-27(15-25(22)34-18-35-28)42-13-11-40-9-8-39-10-12-41-26;1-32-24(33)18(11-28-25(32)31-15-4-2-14(26)3-5-15)19-7-6-16(10-27-19)36-23-17-8-21-22(35-13-34-21)9-20(17)29-12-30-23/h2-7,14-18H,8-13H2,1H3,(H,33,36);2-12H,13H2,1H3,(H,28,31). The maximum absolute atomic E-state index is 13.2. The number of nitrogens with one attached hydrogen (secondary N) is 2. The van der Waals surface area contributed by atoms with Gasteiger partial charge in [0.05, 0.1) is 83.1 Å². The Morgan fingerprint density at radius 1 is 0.468 bits per heavy atom. The van der Waals surface area contributed by atoms with Crippen LogP contribution < -0.4 is 50.2 Å². The SMILES string of the molecule is Cn1c(Nc2ccc(F)cc2)ncc(-c2ccc(Oc3ncnc4cc5c(cc34)OCCOCCOCCO5)cn2)c1=O.Cn1c(Nc2ccc(F)cc2)ncc(-c2ccc(Oc3ncnc4cc5c(cc34)OCO5)cn2)c1=O. The van der Waals surface area contributed by atoms with Crippen LogP contribution in [0.25, 0.3) is 44.3 Å². The van der Waals surface area contributed by atoms with Gasteiger partial charge in [-0.05, 0) is 84.9 Å². The number of halogens is 2. The summed E-state index contributed by atoms with van der Waals surface area (Å²) in [4.78, 5) is 60.7. The molecule has 0 saturated heterocycles. The van der Waals surface area contributed by atoms with Crippen molar-refractivity contribution < 1.29 is 46.7 Å². The summed E-state index contributed by atoms with van der Waals surface area (Å²) < 4.78 is 74.8. The number of anilines is 4. The number of pyridine rings is 2. The van der Waals surface area contributed by atoms with Gasteiger partial charge >= 0.3 is 0 Å². The van der Waals surface area contributed by atoms with Crippen LogP contribution in [0, 0.1) is 11.6 Å². The first-order chi connectivity index (χ1) is 38.6. The van der Waals surface area contributed by atoms with E-state index < -0.39 is 0 Å². The Kier molecular flexibility index (Phi) is 14.8. The second-order valence-electron chi connectivity index (χ2n) is 17.3. The Labute approximate surface area is 446 Å². The largest absolute Gasteiger partial charge is 0.487 e. The van der Waals surface area contributed by atoms with Crippen molar-refractivity contribution in [2.75, 3.05) is 57.1 Å². The van der Waals surface area contributed by atoms with E-state index in [4.69, 9.17) is 37.9 Å². The Balaban J connectivity index is 0.000000170. The number of aromatic nitrogens is 10. The van der Waals surface area contributed by atoms with E-state index in [0.717, 1.165) is 0 Å². The molecule has 10 aromatic rings. The van der Waals surface area contributed by atoms with E-state index >= 15 is 0 Å². The number of benzene rings is 4. The minimum atomic E-state index is -0.356. The first kappa shape index (κ1) is 50.9. The average Bonchev–Trinajstić information content (AvgIpc) is 4.00. The topological polar surface area (TPSA) is 245 Å². The summed E-state index contributed by atoms with van der Waals surface area (Å²) >= 11 is 0. The number of ether oxygens (including phenoxy) is 8. The molecule has 6 aromatic heterocycles. The van der Waals surface area contributed by atoms with Crippen LogP contribution in [0.5, 0.6) is 46.3 Å². The number of fused-ring (bicyclic) bond motifs is 4. The molecule has 2 aliphatic heterocycles. The molecule has 24 heteroatoms. The average molecular weight is 1070 g/mol. The zero-order valence-corrected chi connectivity index (χ0v) is 42.0. The predicted octanol–water partition coefficient (Wildman–Crippen LogP) is 8.45. The molecule has 0 amide bonds. The molecule has 79 heavy (non-hydrogen) atoms. The van der Waals surface area contributed by atoms with Crippen LogP contribution in [-0.2, 0) is 23.6 Å². The van der Waals surface area contributed by atoms with Gasteiger partial charge in [0.1, 0.15) is 49.0 Å². The van der Waals surface area contributed by atoms with Gasteiger partial charge in [-0.1, -0.05) is 0 Å². The van der Waals surface area contributed by atoms with Gasteiger partial charge in [0.2, 0.25) is 30.4 Å². The minimum Gasteiger partial charge on any atom is -0.487 e. The zero-order valence-electron chi connectivity index (χ0n) is 42.0. The van der Waals surface area contributed by atoms with Gasteiger partial charge in [0, 0.05) is 50.0 Å². The van der Waals surface area contributed by atoms with E-state index in [2.05, 4.69) is 50.5 Å². The van der Waals surface area contributed by atoms with Crippen molar-refractivity contribution in [2.24, 2.45) is 14.1 Å². The smallest absolute Gasteiger partial charge is 0.264 e. The molecule has 0 radical (unpaired) electrons. The second kappa shape index (κ2) is 23.0. The normalized spacial score (nSPS) is 13.1. The third kappa shape index (κ3) is 11.6. The second-order valence-corrected chi connectivity index (χ2v) is 17.3. The van der Waals surface area contributed by atoms with Crippen molar-refractivity contribution in [1.29, 1.82) is 0 Å². The van der Waals surface area contributed by atoms with Crippen molar-refractivity contribution >= 4 is 45.1 Å². The van der Waals surface area contributed by atoms with E-state index in [-0.39, 0.29) is 29.5 Å². The van der Waals surface area contributed by atoms with Crippen molar-refractivity contribution in [3.8, 4) is 68.8 Å². The van der Waals surface area contributed by atoms with Gasteiger partial charge in [-0.3, -0.25) is 28.7 Å². The molecule has 0 atom stereocenters. The van der Waals surface area contributed by atoms with E-state index in [9.17, 15) is 18.4 Å². The van der Waals surface area contributed by atoms with E-state index in [1.807, 2.05) is 0 Å². The van der Waals surface area contributed by atoms with Crippen molar-refractivity contribution in [1.82, 2.24) is 49.0 Å². The number of nitrogens with zero attached hydrogens (tertiary/aromatic N) is 10.